The molecule has 1 unspecified atom stereocenters. The van der Waals surface area contributed by atoms with Gasteiger partial charge in [-0.05, 0) is 69.7 Å². The molecule has 1 heterocycles. The van der Waals surface area contributed by atoms with Gasteiger partial charge in [0.05, 0.1) is 6.10 Å². The van der Waals surface area contributed by atoms with Crippen LogP contribution < -0.4 is 5.73 Å². The van der Waals surface area contributed by atoms with Gasteiger partial charge in [-0.3, -0.25) is 0 Å². The van der Waals surface area contributed by atoms with Gasteiger partial charge in [0.15, 0.2) is 0 Å². The zero-order chi connectivity index (χ0) is 15.8. The summed E-state index contributed by atoms with van der Waals surface area (Å²) >= 11 is 6.56. The van der Waals surface area contributed by atoms with Gasteiger partial charge in [-0.1, -0.05) is 0 Å². The SMILES string of the molecule is CC(O)C1CCN(S(=O)(=O)c2c(Br)cc(N)cc2Br)CC1. The predicted molar refractivity (Wildman–Crippen MR) is 89.4 cm³/mol. The van der Waals surface area contributed by atoms with Crippen molar-refractivity contribution in [3.63, 3.8) is 0 Å². The Kier molecular flexibility index (Phi) is 5.36. The molecular formula is C13H18Br2N2O3S. The van der Waals surface area contributed by atoms with E-state index in [0.29, 0.717) is 40.6 Å². The van der Waals surface area contributed by atoms with Gasteiger partial charge >= 0.3 is 0 Å². The second-order valence-electron chi connectivity index (χ2n) is 5.30. The molecule has 1 aliphatic rings. The third-order valence-corrected chi connectivity index (χ3v) is 7.58. The molecule has 0 amide bonds. The number of piperidine rings is 1. The predicted octanol–water partition coefficient (Wildman–Crippen LogP) is 2.58. The van der Waals surface area contributed by atoms with Crippen LogP contribution >= 0.6 is 31.9 Å². The lowest BCUT2D eigenvalue weighted by atomic mass is 9.93. The van der Waals surface area contributed by atoms with Gasteiger partial charge in [-0.2, -0.15) is 4.31 Å². The molecule has 0 spiro atoms. The number of anilines is 1. The highest BCUT2D eigenvalue weighted by molar-refractivity contribution is 9.11. The molecule has 1 aromatic rings. The van der Waals surface area contributed by atoms with Crippen molar-refractivity contribution in [1.29, 1.82) is 0 Å². The molecule has 1 aromatic carbocycles. The summed E-state index contributed by atoms with van der Waals surface area (Å²) in [7, 11) is -3.59. The molecule has 0 aromatic heterocycles. The molecule has 8 heteroatoms. The van der Waals surface area contributed by atoms with E-state index in [4.69, 9.17) is 5.73 Å². The van der Waals surface area contributed by atoms with Crippen LogP contribution in [0.5, 0.6) is 0 Å². The third-order valence-electron chi connectivity index (χ3n) is 3.80. The highest BCUT2D eigenvalue weighted by Crippen LogP contribution is 2.35. The third kappa shape index (κ3) is 3.61. The summed E-state index contributed by atoms with van der Waals surface area (Å²) in [4.78, 5) is 0.201. The van der Waals surface area contributed by atoms with E-state index >= 15 is 0 Å². The van der Waals surface area contributed by atoms with Crippen LogP contribution in [0.1, 0.15) is 19.8 Å². The number of halogens is 2. The lowest BCUT2D eigenvalue weighted by molar-refractivity contribution is 0.0912. The highest BCUT2D eigenvalue weighted by atomic mass is 79.9. The molecule has 0 saturated carbocycles. The molecule has 1 saturated heterocycles. The molecule has 118 valence electrons. The quantitative estimate of drug-likeness (QED) is 0.706. The van der Waals surface area contributed by atoms with Crippen molar-refractivity contribution in [1.82, 2.24) is 4.31 Å². The van der Waals surface area contributed by atoms with Crippen LogP contribution in [0, 0.1) is 5.92 Å². The van der Waals surface area contributed by atoms with Crippen molar-refractivity contribution < 1.29 is 13.5 Å². The summed E-state index contributed by atoms with van der Waals surface area (Å²) in [5.41, 5.74) is 6.19. The number of nitrogens with two attached hydrogens (primary N) is 1. The lowest BCUT2D eigenvalue weighted by Crippen LogP contribution is -2.40. The van der Waals surface area contributed by atoms with E-state index in [1.165, 1.54) is 4.31 Å². The molecule has 1 fully saturated rings. The molecule has 0 radical (unpaired) electrons. The van der Waals surface area contributed by atoms with Gasteiger partial charge < -0.3 is 10.8 Å². The Morgan fingerprint density at radius 3 is 2.19 bits per heavy atom. The van der Waals surface area contributed by atoms with Gasteiger partial charge in [0.2, 0.25) is 10.0 Å². The highest BCUT2D eigenvalue weighted by Gasteiger charge is 2.33. The average Bonchev–Trinajstić information content (AvgIpc) is 2.37. The molecule has 5 nitrogen and oxygen atoms in total. The van der Waals surface area contributed by atoms with Crippen LogP contribution in [0.2, 0.25) is 0 Å². The molecule has 0 aliphatic carbocycles. The maximum atomic E-state index is 12.8. The average molecular weight is 442 g/mol. The van der Waals surface area contributed by atoms with Crippen molar-refractivity contribution in [2.75, 3.05) is 18.8 Å². The fraction of sp³-hybridized carbons (Fsp3) is 0.538. The molecular weight excluding hydrogens is 424 g/mol. The molecule has 0 bridgehead atoms. The summed E-state index contributed by atoms with van der Waals surface area (Å²) in [6.45, 7) is 2.59. The van der Waals surface area contributed by atoms with Crippen LogP contribution in [0.25, 0.3) is 0 Å². The smallest absolute Gasteiger partial charge is 0.245 e. The van der Waals surface area contributed by atoms with E-state index in [1.54, 1.807) is 19.1 Å². The van der Waals surface area contributed by atoms with Gasteiger partial charge in [-0.15, -0.1) is 0 Å². The summed E-state index contributed by atoms with van der Waals surface area (Å²) in [5.74, 6) is 0.162. The first-order chi connectivity index (χ1) is 9.73. The van der Waals surface area contributed by atoms with Crippen molar-refractivity contribution in [2.45, 2.75) is 30.8 Å². The number of aliphatic hydroxyl groups excluding tert-OH is 1. The summed E-state index contributed by atoms with van der Waals surface area (Å²) < 4.78 is 27.9. The number of sulfonamides is 1. The summed E-state index contributed by atoms with van der Waals surface area (Å²) in [5, 5.41) is 9.61. The first-order valence-corrected chi connectivity index (χ1v) is 9.69. The Labute approximate surface area is 141 Å². The molecule has 2 rings (SSSR count). The fourth-order valence-electron chi connectivity index (χ4n) is 2.55. The topological polar surface area (TPSA) is 83.6 Å². The number of nitrogen functional groups attached to an aromatic ring is 1. The second-order valence-corrected chi connectivity index (χ2v) is 8.88. The van der Waals surface area contributed by atoms with Gasteiger partial charge in [-0.25, -0.2) is 8.42 Å². The van der Waals surface area contributed by atoms with Crippen molar-refractivity contribution in [3.8, 4) is 0 Å². The van der Waals surface area contributed by atoms with E-state index in [-0.39, 0.29) is 10.8 Å². The summed E-state index contributed by atoms with van der Waals surface area (Å²) in [6.07, 6.45) is 0.937. The largest absolute Gasteiger partial charge is 0.399 e. The molecule has 1 aliphatic heterocycles. The number of rotatable bonds is 3. The normalized spacial score (nSPS) is 19.6. The van der Waals surface area contributed by atoms with Crippen molar-refractivity contribution >= 4 is 47.6 Å². The zero-order valence-electron chi connectivity index (χ0n) is 11.6. The number of nitrogens with zero attached hydrogens (tertiary/aromatic N) is 1. The van der Waals surface area contributed by atoms with Gasteiger partial charge in [0.1, 0.15) is 4.90 Å². The monoisotopic (exact) mass is 440 g/mol. The van der Waals surface area contributed by atoms with Crippen molar-refractivity contribution in [3.05, 3.63) is 21.1 Å². The van der Waals surface area contributed by atoms with Gasteiger partial charge in [0, 0.05) is 27.7 Å². The minimum absolute atomic E-state index is 0.162. The fourth-order valence-corrected chi connectivity index (χ4v) is 6.56. The maximum Gasteiger partial charge on any atom is 0.245 e. The number of hydrogen-bond acceptors (Lipinski definition) is 4. The van der Waals surface area contributed by atoms with Crippen LogP contribution in [0.15, 0.2) is 26.0 Å². The first-order valence-electron chi connectivity index (χ1n) is 6.66. The maximum absolute atomic E-state index is 12.8. The number of benzene rings is 1. The lowest BCUT2D eigenvalue weighted by Gasteiger charge is -2.32. The van der Waals surface area contributed by atoms with E-state index in [1.807, 2.05) is 0 Å². The Bertz CT molecular complexity index is 603. The molecule has 21 heavy (non-hydrogen) atoms. The number of hydrogen-bond donors (Lipinski definition) is 2. The minimum Gasteiger partial charge on any atom is -0.399 e. The second kappa shape index (κ2) is 6.54. The number of aliphatic hydroxyl groups is 1. The van der Waals surface area contributed by atoms with Crippen molar-refractivity contribution in [2.24, 2.45) is 5.92 Å². The van der Waals surface area contributed by atoms with Crippen LogP contribution in [0.3, 0.4) is 0 Å². The Balaban J connectivity index is 2.28. The van der Waals surface area contributed by atoms with E-state index in [9.17, 15) is 13.5 Å². The van der Waals surface area contributed by atoms with Crippen LogP contribution in [-0.2, 0) is 10.0 Å². The Hall–Kier alpha value is -0.150. The van der Waals surface area contributed by atoms with E-state index in [2.05, 4.69) is 31.9 Å². The zero-order valence-corrected chi connectivity index (χ0v) is 15.6. The molecule has 1 atom stereocenters. The summed E-state index contributed by atoms with van der Waals surface area (Å²) in [6, 6.07) is 3.17. The standard InChI is InChI=1S/C13H18Br2N2O3S/c1-8(18)9-2-4-17(5-3-9)21(19,20)13-11(14)6-10(16)7-12(13)15/h6-9,18H,2-5,16H2,1H3. The van der Waals surface area contributed by atoms with Crippen LogP contribution in [-0.4, -0.2) is 37.0 Å². The van der Waals surface area contributed by atoms with Gasteiger partial charge in [0.25, 0.3) is 0 Å². The van der Waals surface area contributed by atoms with E-state index < -0.39 is 16.1 Å². The molecule has 3 N–H and O–H groups in total. The Morgan fingerprint density at radius 1 is 1.29 bits per heavy atom. The first kappa shape index (κ1) is 17.2. The van der Waals surface area contributed by atoms with E-state index in [0.717, 1.165) is 0 Å². The Morgan fingerprint density at radius 2 is 1.76 bits per heavy atom. The van der Waals surface area contributed by atoms with Crippen LogP contribution in [0.4, 0.5) is 5.69 Å². The minimum atomic E-state index is -3.59.